The fourth-order valence-corrected chi connectivity index (χ4v) is 3.89. The highest BCUT2D eigenvalue weighted by Crippen LogP contribution is 2.35. The lowest BCUT2D eigenvalue weighted by molar-refractivity contribution is 0.784. The molecule has 2 heteroatoms. The number of thioether (sulfide) groups is 1. The Kier molecular flexibility index (Phi) is 6.50. The Morgan fingerprint density at radius 2 is 2.09 bits per heavy atom. The number of allylic oxidation sites excluding steroid dienone is 4. The van der Waals surface area contributed by atoms with E-state index in [9.17, 15) is 0 Å². The predicted molar refractivity (Wildman–Crippen MR) is 99.5 cm³/mol. The van der Waals surface area contributed by atoms with Gasteiger partial charge in [0.05, 0.1) is 5.69 Å². The molecule has 1 atom stereocenters. The van der Waals surface area contributed by atoms with Crippen LogP contribution >= 0.6 is 11.8 Å². The molecule has 1 nitrogen and oxygen atoms in total. The minimum Gasteiger partial charge on any atom is -0.256 e. The van der Waals surface area contributed by atoms with E-state index in [-0.39, 0.29) is 0 Å². The molecule has 22 heavy (non-hydrogen) atoms. The highest BCUT2D eigenvalue weighted by molar-refractivity contribution is 7.99. The molecule has 0 aromatic carbocycles. The molecule has 0 bridgehead atoms. The van der Waals surface area contributed by atoms with Gasteiger partial charge in [0.1, 0.15) is 0 Å². The molecule has 0 aliphatic carbocycles. The molecule has 0 saturated heterocycles. The smallest absolute Gasteiger partial charge is 0.0537 e. The first-order valence-corrected chi connectivity index (χ1v) is 9.32. The molecule has 118 valence electrons. The summed E-state index contributed by atoms with van der Waals surface area (Å²) in [6, 6.07) is 4.51. The molecule has 1 aromatic heterocycles. The quantitative estimate of drug-likeness (QED) is 0.696. The number of nitrogens with zero attached hydrogens (tertiary/aromatic N) is 1. The molecule has 1 aliphatic rings. The molecule has 1 unspecified atom stereocenters. The fraction of sp³-hybridized carbons (Fsp3) is 0.450. The third-order valence-electron chi connectivity index (χ3n) is 4.23. The molecular formula is C20H27NS. The second-order valence-electron chi connectivity index (χ2n) is 5.81. The van der Waals surface area contributed by atoms with Gasteiger partial charge >= 0.3 is 0 Å². The number of rotatable bonds is 3. The number of pyridine rings is 1. The van der Waals surface area contributed by atoms with E-state index in [1.807, 2.05) is 11.8 Å². The molecule has 1 aliphatic heterocycles. The normalized spacial score (nSPS) is 23.7. The Balaban J connectivity index is 2.22. The van der Waals surface area contributed by atoms with E-state index in [2.05, 4.69) is 57.7 Å². The Morgan fingerprint density at radius 3 is 2.82 bits per heavy atom. The van der Waals surface area contributed by atoms with Crippen molar-refractivity contribution >= 4 is 11.8 Å². The zero-order valence-corrected chi connectivity index (χ0v) is 14.9. The van der Waals surface area contributed by atoms with Gasteiger partial charge in [-0.05, 0) is 55.4 Å². The molecule has 1 aromatic rings. The van der Waals surface area contributed by atoms with Crippen molar-refractivity contribution in [1.82, 2.24) is 4.98 Å². The molecular weight excluding hydrogens is 286 g/mol. The molecule has 2 rings (SSSR count). The summed E-state index contributed by atoms with van der Waals surface area (Å²) in [6.07, 6.45) is 10.9. The van der Waals surface area contributed by atoms with Crippen molar-refractivity contribution in [2.24, 2.45) is 0 Å². The minimum absolute atomic E-state index is 0.462. The van der Waals surface area contributed by atoms with Crippen LogP contribution in [0.3, 0.4) is 0 Å². The predicted octanol–water partition coefficient (Wildman–Crippen LogP) is 5.83. The van der Waals surface area contributed by atoms with E-state index >= 15 is 0 Å². The topological polar surface area (TPSA) is 12.9 Å². The lowest BCUT2D eigenvalue weighted by Crippen LogP contribution is -2.05. The molecule has 0 fully saturated rings. The van der Waals surface area contributed by atoms with E-state index in [0.717, 1.165) is 31.4 Å². The second-order valence-corrected chi connectivity index (χ2v) is 7.00. The highest BCUT2D eigenvalue weighted by Gasteiger charge is 2.16. The van der Waals surface area contributed by atoms with Gasteiger partial charge in [-0.25, -0.2) is 0 Å². The summed E-state index contributed by atoms with van der Waals surface area (Å²) in [5.74, 6) is 0.986. The maximum atomic E-state index is 4.97. The van der Waals surface area contributed by atoms with E-state index in [1.165, 1.54) is 28.1 Å². The lowest BCUT2D eigenvalue weighted by Gasteiger charge is -2.19. The number of aryl methyl sites for hydroxylation is 2. The molecule has 0 amide bonds. The van der Waals surface area contributed by atoms with Gasteiger partial charge in [0, 0.05) is 16.7 Å². The number of hydrogen-bond acceptors (Lipinski definition) is 2. The Morgan fingerprint density at radius 1 is 1.27 bits per heavy atom. The molecule has 0 spiro atoms. The van der Waals surface area contributed by atoms with Crippen LogP contribution in [0.4, 0.5) is 0 Å². The van der Waals surface area contributed by atoms with Crippen LogP contribution in [0.2, 0.25) is 0 Å². The molecule has 0 N–H and O–H groups in total. The third-order valence-corrected chi connectivity index (χ3v) is 5.62. The maximum Gasteiger partial charge on any atom is 0.0537 e. The summed E-state index contributed by atoms with van der Waals surface area (Å²) in [7, 11) is 0. The lowest BCUT2D eigenvalue weighted by atomic mass is 10.1. The average molecular weight is 314 g/mol. The minimum atomic E-state index is 0.462. The van der Waals surface area contributed by atoms with Crippen LogP contribution in [0.5, 0.6) is 0 Å². The van der Waals surface area contributed by atoms with Crippen molar-refractivity contribution < 1.29 is 0 Å². The first-order valence-electron chi connectivity index (χ1n) is 8.27. The summed E-state index contributed by atoms with van der Waals surface area (Å²) >= 11 is 1.98. The van der Waals surface area contributed by atoms with Crippen molar-refractivity contribution in [2.45, 2.75) is 51.7 Å². The monoisotopic (exact) mass is 313 g/mol. The van der Waals surface area contributed by atoms with E-state index in [0.29, 0.717) is 5.25 Å². The Hall–Kier alpha value is -1.28. The third kappa shape index (κ3) is 4.36. The fourth-order valence-electron chi connectivity index (χ4n) is 2.66. The summed E-state index contributed by atoms with van der Waals surface area (Å²) in [6.45, 7) is 10.8. The van der Waals surface area contributed by atoms with Crippen LogP contribution in [0.1, 0.15) is 55.8 Å². The SMILES string of the molecule is C=C1CSC(c2ccc(CC)c(CC)n2)CC/C=C\C=C/1C. The van der Waals surface area contributed by atoms with E-state index in [4.69, 9.17) is 4.98 Å². The van der Waals surface area contributed by atoms with Crippen LogP contribution in [-0.4, -0.2) is 10.7 Å². The Labute approximate surface area is 139 Å². The van der Waals surface area contributed by atoms with Crippen molar-refractivity contribution in [3.63, 3.8) is 0 Å². The van der Waals surface area contributed by atoms with Gasteiger partial charge < -0.3 is 0 Å². The van der Waals surface area contributed by atoms with E-state index < -0.39 is 0 Å². The standard InChI is InChI=1S/C20H27NS/c1-5-17-12-13-19(21-18(17)6-2)20-11-9-7-8-10-15(3)16(4)14-22-20/h7-8,10,12-13,20H,4-6,9,11,14H2,1-3H3/b8-7-,15-10-. The van der Waals surface area contributed by atoms with Gasteiger partial charge in [0.2, 0.25) is 0 Å². The van der Waals surface area contributed by atoms with Crippen LogP contribution in [-0.2, 0) is 12.8 Å². The summed E-state index contributed by atoms with van der Waals surface area (Å²) in [5, 5.41) is 0.462. The summed E-state index contributed by atoms with van der Waals surface area (Å²) in [5.41, 5.74) is 6.40. The van der Waals surface area contributed by atoms with Crippen molar-refractivity contribution in [1.29, 1.82) is 0 Å². The van der Waals surface area contributed by atoms with Gasteiger partial charge in [-0.15, -0.1) is 11.8 Å². The van der Waals surface area contributed by atoms with Gasteiger partial charge in [-0.3, -0.25) is 4.98 Å². The van der Waals surface area contributed by atoms with Crippen molar-refractivity contribution in [3.8, 4) is 0 Å². The molecule has 0 radical (unpaired) electrons. The van der Waals surface area contributed by atoms with Crippen LogP contribution in [0.15, 0.2) is 48.1 Å². The van der Waals surface area contributed by atoms with Gasteiger partial charge in [-0.2, -0.15) is 0 Å². The van der Waals surface area contributed by atoms with Gasteiger partial charge in [0.25, 0.3) is 0 Å². The molecule has 2 heterocycles. The summed E-state index contributed by atoms with van der Waals surface area (Å²) < 4.78 is 0. The number of aromatic nitrogens is 1. The molecule has 0 saturated carbocycles. The van der Waals surface area contributed by atoms with Crippen LogP contribution < -0.4 is 0 Å². The Bertz CT molecular complexity index is 583. The zero-order chi connectivity index (χ0) is 15.9. The van der Waals surface area contributed by atoms with Gasteiger partial charge in [0.15, 0.2) is 0 Å². The van der Waals surface area contributed by atoms with Crippen molar-refractivity contribution in [3.05, 3.63) is 65.0 Å². The average Bonchev–Trinajstić information content (AvgIpc) is 2.55. The second kappa shape index (κ2) is 8.38. The van der Waals surface area contributed by atoms with Crippen LogP contribution in [0, 0.1) is 0 Å². The first-order chi connectivity index (χ1) is 10.7. The van der Waals surface area contributed by atoms with Gasteiger partial charge in [-0.1, -0.05) is 44.7 Å². The van der Waals surface area contributed by atoms with Crippen LogP contribution in [0.25, 0.3) is 0 Å². The summed E-state index contributed by atoms with van der Waals surface area (Å²) in [4.78, 5) is 4.97. The zero-order valence-electron chi connectivity index (χ0n) is 14.1. The van der Waals surface area contributed by atoms with Crippen molar-refractivity contribution in [2.75, 3.05) is 5.75 Å². The first kappa shape index (κ1) is 17.1. The number of hydrogen-bond donors (Lipinski definition) is 0. The largest absolute Gasteiger partial charge is 0.256 e. The van der Waals surface area contributed by atoms with E-state index in [1.54, 1.807) is 0 Å². The maximum absolute atomic E-state index is 4.97. The highest BCUT2D eigenvalue weighted by atomic mass is 32.2.